The van der Waals surface area contributed by atoms with E-state index in [1.54, 1.807) is 11.8 Å². The second-order valence-corrected chi connectivity index (χ2v) is 8.15. The predicted molar refractivity (Wildman–Crippen MR) is 80.0 cm³/mol. The van der Waals surface area contributed by atoms with E-state index >= 15 is 0 Å². The zero-order valence-electron chi connectivity index (χ0n) is 11.0. The van der Waals surface area contributed by atoms with Crippen molar-refractivity contribution >= 4 is 33.4 Å². The van der Waals surface area contributed by atoms with Gasteiger partial charge in [0.25, 0.3) is 0 Å². The number of nitrogens with two attached hydrogens (primary N) is 1. The average Bonchev–Trinajstić information content (AvgIpc) is 2.94. The van der Waals surface area contributed by atoms with Gasteiger partial charge in [-0.05, 0) is 29.9 Å². The first-order valence-corrected chi connectivity index (χ1v) is 9.09. The lowest BCUT2D eigenvalue weighted by Gasteiger charge is -2.23. The molecule has 20 heavy (non-hydrogen) atoms. The predicted octanol–water partition coefficient (Wildman–Crippen LogP) is 2.06. The molecule has 0 bridgehead atoms. The molecule has 0 radical (unpaired) electrons. The molecule has 1 fully saturated rings. The van der Waals surface area contributed by atoms with Crippen LogP contribution in [0.1, 0.15) is 12.0 Å². The smallest absolute Gasteiger partial charge is 0.243 e. The standard InChI is InChI=1S/C12H16ClFN2O2S2/c1-16(9-2-3-19-7-9)20(17,18)10-4-8(6-15)12(13)11(14)5-10/h4-5,9H,2-3,6-7,15H2,1H3. The third-order valence-corrected chi connectivity index (χ3v) is 6.85. The topological polar surface area (TPSA) is 63.4 Å². The molecule has 2 rings (SSSR count). The lowest BCUT2D eigenvalue weighted by Crippen LogP contribution is -2.37. The van der Waals surface area contributed by atoms with Crippen LogP contribution in [0.15, 0.2) is 17.0 Å². The van der Waals surface area contributed by atoms with Crippen molar-refractivity contribution in [1.82, 2.24) is 4.31 Å². The van der Waals surface area contributed by atoms with Gasteiger partial charge in [-0.15, -0.1) is 0 Å². The Morgan fingerprint density at radius 1 is 1.55 bits per heavy atom. The molecule has 1 heterocycles. The maximum Gasteiger partial charge on any atom is 0.243 e. The van der Waals surface area contributed by atoms with E-state index < -0.39 is 15.8 Å². The van der Waals surface area contributed by atoms with Crippen LogP contribution in [0.4, 0.5) is 4.39 Å². The number of thioether (sulfide) groups is 1. The van der Waals surface area contributed by atoms with E-state index in [9.17, 15) is 12.8 Å². The van der Waals surface area contributed by atoms with Gasteiger partial charge in [0, 0.05) is 25.4 Å². The number of sulfonamides is 1. The molecule has 1 unspecified atom stereocenters. The van der Waals surface area contributed by atoms with Crippen molar-refractivity contribution in [2.45, 2.75) is 23.9 Å². The Kier molecular flexibility index (Phi) is 4.96. The van der Waals surface area contributed by atoms with E-state index in [1.165, 1.54) is 17.4 Å². The van der Waals surface area contributed by atoms with Gasteiger partial charge in [-0.3, -0.25) is 0 Å². The minimum absolute atomic E-state index is 0.0118. The second kappa shape index (κ2) is 6.19. The number of halogens is 2. The first kappa shape index (κ1) is 16.0. The summed E-state index contributed by atoms with van der Waals surface area (Å²) in [7, 11) is -2.20. The quantitative estimate of drug-likeness (QED) is 0.912. The van der Waals surface area contributed by atoms with Crippen LogP contribution in [-0.2, 0) is 16.6 Å². The summed E-state index contributed by atoms with van der Waals surface area (Å²) < 4.78 is 40.1. The summed E-state index contributed by atoms with van der Waals surface area (Å²) >= 11 is 7.47. The van der Waals surface area contributed by atoms with Crippen molar-refractivity contribution < 1.29 is 12.8 Å². The average molecular weight is 339 g/mol. The molecular weight excluding hydrogens is 323 g/mol. The molecule has 8 heteroatoms. The Hall–Kier alpha value is -0.340. The van der Waals surface area contributed by atoms with Crippen LogP contribution in [0, 0.1) is 5.82 Å². The molecule has 1 aromatic carbocycles. The maximum absolute atomic E-state index is 13.7. The van der Waals surface area contributed by atoms with Crippen LogP contribution in [0.5, 0.6) is 0 Å². The highest BCUT2D eigenvalue weighted by molar-refractivity contribution is 7.99. The lowest BCUT2D eigenvalue weighted by molar-refractivity contribution is 0.394. The van der Waals surface area contributed by atoms with Crippen molar-refractivity contribution in [3.63, 3.8) is 0 Å². The summed E-state index contributed by atoms with van der Waals surface area (Å²) in [6.07, 6.45) is 0.806. The first-order valence-electron chi connectivity index (χ1n) is 6.11. The molecule has 112 valence electrons. The van der Waals surface area contributed by atoms with Crippen molar-refractivity contribution in [2.75, 3.05) is 18.6 Å². The Morgan fingerprint density at radius 3 is 2.80 bits per heavy atom. The summed E-state index contributed by atoms with van der Waals surface area (Å²) in [6, 6.07) is 2.25. The molecule has 2 N–H and O–H groups in total. The summed E-state index contributed by atoms with van der Waals surface area (Å²) in [6.45, 7) is -0.0118. The van der Waals surface area contributed by atoms with Crippen molar-refractivity contribution in [2.24, 2.45) is 5.73 Å². The van der Waals surface area contributed by atoms with Gasteiger partial charge in [0.2, 0.25) is 10.0 Å². The highest BCUT2D eigenvalue weighted by Crippen LogP contribution is 2.29. The molecule has 0 spiro atoms. The fraction of sp³-hybridized carbons (Fsp3) is 0.500. The summed E-state index contributed by atoms with van der Waals surface area (Å²) in [5, 5.41) is -0.120. The van der Waals surface area contributed by atoms with Gasteiger partial charge in [-0.2, -0.15) is 16.1 Å². The largest absolute Gasteiger partial charge is 0.326 e. The second-order valence-electron chi connectivity index (χ2n) is 4.62. The number of hydrogen-bond acceptors (Lipinski definition) is 4. The third-order valence-electron chi connectivity index (χ3n) is 3.39. The van der Waals surface area contributed by atoms with Crippen LogP contribution < -0.4 is 5.73 Å². The zero-order valence-corrected chi connectivity index (χ0v) is 13.4. The van der Waals surface area contributed by atoms with Crippen molar-refractivity contribution in [3.8, 4) is 0 Å². The fourth-order valence-corrected chi connectivity index (χ4v) is 5.08. The Labute approximate surface area is 127 Å². The van der Waals surface area contributed by atoms with Crippen LogP contribution in [-0.4, -0.2) is 37.3 Å². The fourth-order valence-electron chi connectivity index (χ4n) is 2.09. The highest BCUT2D eigenvalue weighted by atomic mass is 35.5. The molecule has 1 saturated heterocycles. The number of rotatable bonds is 4. The molecule has 0 aromatic heterocycles. The molecule has 0 aliphatic carbocycles. The van der Waals surface area contributed by atoms with E-state index in [0.717, 1.165) is 24.0 Å². The summed E-state index contributed by atoms with van der Waals surface area (Å²) in [4.78, 5) is -0.0979. The molecule has 4 nitrogen and oxygen atoms in total. The Balaban J connectivity index is 2.41. The van der Waals surface area contributed by atoms with E-state index in [2.05, 4.69) is 0 Å². The van der Waals surface area contributed by atoms with E-state index in [-0.39, 0.29) is 22.5 Å². The molecule has 1 atom stereocenters. The minimum Gasteiger partial charge on any atom is -0.326 e. The van der Waals surface area contributed by atoms with Gasteiger partial charge < -0.3 is 5.73 Å². The van der Waals surface area contributed by atoms with E-state index in [0.29, 0.717) is 5.56 Å². The monoisotopic (exact) mass is 338 g/mol. The molecular formula is C12H16ClFN2O2S2. The van der Waals surface area contributed by atoms with Crippen LogP contribution in [0.2, 0.25) is 5.02 Å². The van der Waals surface area contributed by atoms with Gasteiger partial charge in [0.15, 0.2) is 0 Å². The molecule has 1 aromatic rings. The highest BCUT2D eigenvalue weighted by Gasteiger charge is 2.31. The zero-order chi connectivity index (χ0) is 14.9. The van der Waals surface area contributed by atoms with Gasteiger partial charge in [0.1, 0.15) is 5.82 Å². The van der Waals surface area contributed by atoms with Crippen LogP contribution >= 0.6 is 23.4 Å². The normalized spacial score (nSPS) is 19.8. The van der Waals surface area contributed by atoms with E-state index in [4.69, 9.17) is 17.3 Å². The molecule has 1 aliphatic rings. The maximum atomic E-state index is 13.7. The van der Waals surface area contributed by atoms with Gasteiger partial charge in [-0.25, -0.2) is 12.8 Å². The van der Waals surface area contributed by atoms with Crippen molar-refractivity contribution in [3.05, 3.63) is 28.5 Å². The molecule has 0 amide bonds. The van der Waals surface area contributed by atoms with Gasteiger partial charge >= 0.3 is 0 Å². The van der Waals surface area contributed by atoms with Crippen molar-refractivity contribution in [1.29, 1.82) is 0 Å². The van der Waals surface area contributed by atoms with E-state index in [1.807, 2.05) is 0 Å². The minimum atomic E-state index is -3.73. The van der Waals surface area contributed by atoms with Gasteiger partial charge in [0.05, 0.1) is 9.92 Å². The number of hydrogen-bond donors (Lipinski definition) is 1. The number of nitrogens with zero attached hydrogens (tertiary/aromatic N) is 1. The first-order chi connectivity index (χ1) is 9.37. The third kappa shape index (κ3) is 2.96. The van der Waals surface area contributed by atoms with Gasteiger partial charge in [-0.1, -0.05) is 11.6 Å². The lowest BCUT2D eigenvalue weighted by atomic mass is 10.2. The van der Waals surface area contributed by atoms with Crippen LogP contribution in [0.25, 0.3) is 0 Å². The Morgan fingerprint density at radius 2 is 2.25 bits per heavy atom. The SMILES string of the molecule is CN(C1CCSC1)S(=O)(=O)c1cc(F)c(Cl)c(CN)c1. The summed E-state index contributed by atoms with van der Waals surface area (Å²) in [5.41, 5.74) is 5.76. The van der Waals surface area contributed by atoms with Crippen LogP contribution in [0.3, 0.4) is 0 Å². The number of benzene rings is 1. The molecule has 0 saturated carbocycles. The summed E-state index contributed by atoms with van der Waals surface area (Å²) in [5.74, 6) is 0.936. The Bertz CT molecular complexity index is 604. The molecule has 1 aliphatic heterocycles.